The van der Waals surface area contributed by atoms with Gasteiger partial charge in [0.25, 0.3) is 0 Å². The molecule has 3 heteroatoms. The van der Waals surface area contributed by atoms with Gasteiger partial charge in [-0.1, -0.05) is 66.7 Å². The number of esters is 1. The average molecular weight is 282 g/mol. The molecule has 0 aliphatic carbocycles. The zero-order chi connectivity index (χ0) is 14.9. The van der Waals surface area contributed by atoms with Crippen LogP contribution in [0.25, 0.3) is 6.08 Å². The van der Waals surface area contributed by atoms with E-state index in [0.717, 1.165) is 5.56 Å². The van der Waals surface area contributed by atoms with Crippen LogP contribution in [0.4, 0.5) is 0 Å². The Labute approximate surface area is 124 Å². The van der Waals surface area contributed by atoms with Gasteiger partial charge in [0.2, 0.25) is 0 Å². The topological polar surface area (TPSA) is 46.5 Å². The number of rotatable bonds is 6. The van der Waals surface area contributed by atoms with Crippen molar-refractivity contribution in [3.05, 3.63) is 77.9 Å². The zero-order valence-electron chi connectivity index (χ0n) is 11.7. The van der Waals surface area contributed by atoms with Crippen LogP contribution in [0.3, 0.4) is 0 Å². The first-order valence-corrected chi connectivity index (χ1v) is 6.86. The maximum absolute atomic E-state index is 11.6. The van der Waals surface area contributed by atoms with E-state index in [-0.39, 0.29) is 13.0 Å². The Bertz CT molecular complexity index is 576. The highest BCUT2D eigenvalue weighted by Gasteiger charge is 2.13. The largest absolute Gasteiger partial charge is 0.461 e. The average Bonchev–Trinajstić information content (AvgIpc) is 2.53. The van der Waals surface area contributed by atoms with Crippen LogP contribution in [-0.2, 0) is 9.53 Å². The summed E-state index contributed by atoms with van der Waals surface area (Å²) < 4.78 is 5.07. The van der Waals surface area contributed by atoms with Crippen molar-refractivity contribution in [2.24, 2.45) is 0 Å². The van der Waals surface area contributed by atoms with Crippen LogP contribution in [0.5, 0.6) is 0 Å². The molecule has 1 N–H and O–H groups in total. The predicted octanol–water partition coefficient (Wildman–Crippen LogP) is 3.37. The SMILES string of the molecule is O=C(C[C@@H](O)c1ccccc1)OCC=Cc1ccccc1. The first kappa shape index (κ1) is 15.0. The van der Waals surface area contributed by atoms with Crippen molar-refractivity contribution in [2.45, 2.75) is 12.5 Å². The van der Waals surface area contributed by atoms with E-state index < -0.39 is 12.1 Å². The van der Waals surface area contributed by atoms with Gasteiger partial charge in [0, 0.05) is 0 Å². The lowest BCUT2D eigenvalue weighted by Crippen LogP contribution is -2.10. The van der Waals surface area contributed by atoms with Crippen molar-refractivity contribution in [1.29, 1.82) is 0 Å². The van der Waals surface area contributed by atoms with Gasteiger partial charge in [-0.05, 0) is 17.2 Å². The molecule has 0 saturated carbocycles. The maximum Gasteiger partial charge on any atom is 0.309 e. The highest BCUT2D eigenvalue weighted by molar-refractivity contribution is 5.70. The van der Waals surface area contributed by atoms with Gasteiger partial charge in [-0.25, -0.2) is 0 Å². The maximum atomic E-state index is 11.6. The monoisotopic (exact) mass is 282 g/mol. The van der Waals surface area contributed by atoms with Crippen molar-refractivity contribution >= 4 is 12.0 Å². The quantitative estimate of drug-likeness (QED) is 0.826. The van der Waals surface area contributed by atoms with Crippen LogP contribution < -0.4 is 0 Å². The Hall–Kier alpha value is -2.39. The summed E-state index contributed by atoms with van der Waals surface area (Å²) in [6, 6.07) is 18.9. The van der Waals surface area contributed by atoms with Gasteiger partial charge in [0.15, 0.2) is 0 Å². The number of benzene rings is 2. The van der Waals surface area contributed by atoms with E-state index in [9.17, 15) is 9.90 Å². The van der Waals surface area contributed by atoms with E-state index in [2.05, 4.69) is 0 Å². The molecule has 0 saturated heterocycles. The summed E-state index contributed by atoms with van der Waals surface area (Å²) in [6.07, 6.45) is 2.81. The van der Waals surface area contributed by atoms with Crippen LogP contribution in [0.15, 0.2) is 66.7 Å². The van der Waals surface area contributed by atoms with Crippen molar-refractivity contribution in [3.8, 4) is 0 Å². The van der Waals surface area contributed by atoms with Crippen LogP contribution in [0.1, 0.15) is 23.7 Å². The number of hydrogen-bond donors (Lipinski definition) is 1. The number of aliphatic hydroxyl groups is 1. The van der Waals surface area contributed by atoms with Crippen molar-refractivity contribution in [2.75, 3.05) is 6.61 Å². The number of carbonyl (C=O) groups is 1. The Balaban J connectivity index is 1.74. The smallest absolute Gasteiger partial charge is 0.309 e. The van der Waals surface area contributed by atoms with Crippen molar-refractivity contribution in [3.63, 3.8) is 0 Å². The molecule has 0 amide bonds. The third-order valence-electron chi connectivity index (χ3n) is 2.99. The summed E-state index contributed by atoms with van der Waals surface area (Å²) in [7, 11) is 0. The molecule has 0 spiro atoms. The molecule has 1 atom stereocenters. The van der Waals surface area contributed by atoms with E-state index in [1.54, 1.807) is 18.2 Å². The summed E-state index contributed by atoms with van der Waals surface area (Å²) in [6.45, 7) is 0.204. The molecule has 0 aliphatic rings. The summed E-state index contributed by atoms with van der Waals surface area (Å²) in [5.41, 5.74) is 1.77. The van der Waals surface area contributed by atoms with Crippen LogP contribution >= 0.6 is 0 Å². The van der Waals surface area contributed by atoms with Gasteiger partial charge in [-0.2, -0.15) is 0 Å². The molecule has 0 aromatic heterocycles. The normalized spacial score (nSPS) is 12.2. The van der Waals surface area contributed by atoms with E-state index in [0.29, 0.717) is 5.56 Å². The van der Waals surface area contributed by atoms with Gasteiger partial charge in [0.1, 0.15) is 6.61 Å². The molecule has 0 unspecified atom stereocenters. The van der Waals surface area contributed by atoms with Gasteiger partial charge in [0.05, 0.1) is 12.5 Å². The second-order valence-electron chi connectivity index (χ2n) is 4.63. The standard InChI is InChI=1S/C18H18O3/c19-17(16-11-5-2-6-12-16)14-18(20)21-13-7-10-15-8-3-1-4-9-15/h1-12,17,19H,13-14H2/t17-/m1/s1. The lowest BCUT2D eigenvalue weighted by molar-refractivity contribution is -0.144. The third-order valence-corrected chi connectivity index (χ3v) is 2.99. The number of carbonyl (C=O) groups excluding carboxylic acids is 1. The second kappa shape index (κ2) is 8.02. The first-order chi connectivity index (χ1) is 10.3. The molecule has 2 rings (SSSR count). The first-order valence-electron chi connectivity index (χ1n) is 6.86. The van der Waals surface area contributed by atoms with E-state index in [1.807, 2.05) is 54.6 Å². The van der Waals surface area contributed by atoms with E-state index >= 15 is 0 Å². The van der Waals surface area contributed by atoms with Gasteiger partial charge >= 0.3 is 5.97 Å². The van der Waals surface area contributed by atoms with Crippen molar-refractivity contribution < 1.29 is 14.6 Å². The Morgan fingerprint density at radius 2 is 1.67 bits per heavy atom. The minimum Gasteiger partial charge on any atom is -0.461 e. The highest BCUT2D eigenvalue weighted by atomic mass is 16.5. The van der Waals surface area contributed by atoms with Gasteiger partial charge in [-0.3, -0.25) is 4.79 Å². The Morgan fingerprint density at radius 1 is 1.05 bits per heavy atom. The van der Waals surface area contributed by atoms with E-state index in [4.69, 9.17) is 4.74 Å². The molecular weight excluding hydrogens is 264 g/mol. The molecule has 2 aromatic rings. The zero-order valence-corrected chi connectivity index (χ0v) is 11.7. The summed E-state index contributed by atoms with van der Waals surface area (Å²) in [4.78, 5) is 11.6. The van der Waals surface area contributed by atoms with Crippen LogP contribution in [0.2, 0.25) is 0 Å². The molecular formula is C18H18O3. The number of hydrogen-bond acceptors (Lipinski definition) is 3. The molecule has 3 nitrogen and oxygen atoms in total. The number of aliphatic hydroxyl groups excluding tert-OH is 1. The molecule has 0 heterocycles. The molecule has 2 aromatic carbocycles. The number of ether oxygens (including phenoxy) is 1. The Kier molecular flexibility index (Phi) is 5.73. The van der Waals surface area contributed by atoms with Gasteiger partial charge < -0.3 is 9.84 Å². The second-order valence-corrected chi connectivity index (χ2v) is 4.63. The molecule has 0 bridgehead atoms. The minimum atomic E-state index is -0.822. The minimum absolute atomic E-state index is 0.0385. The summed E-state index contributed by atoms with van der Waals surface area (Å²) in [5, 5.41) is 9.91. The summed E-state index contributed by atoms with van der Waals surface area (Å²) >= 11 is 0. The van der Waals surface area contributed by atoms with Gasteiger partial charge in [-0.15, -0.1) is 0 Å². The third kappa shape index (κ3) is 5.24. The lowest BCUT2D eigenvalue weighted by atomic mass is 10.1. The van der Waals surface area contributed by atoms with Crippen LogP contribution in [-0.4, -0.2) is 17.7 Å². The molecule has 0 fully saturated rings. The molecule has 0 radical (unpaired) electrons. The molecule has 0 aliphatic heterocycles. The fraction of sp³-hybridized carbons (Fsp3) is 0.167. The molecule has 21 heavy (non-hydrogen) atoms. The summed E-state index contributed by atoms with van der Waals surface area (Å²) in [5.74, 6) is -0.413. The highest BCUT2D eigenvalue weighted by Crippen LogP contribution is 2.16. The molecule has 108 valence electrons. The van der Waals surface area contributed by atoms with E-state index in [1.165, 1.54) is 0 Å². The fourth-order valence-electron chi connectivity index (χ4n) is 1.90. The lowest BCUT2D eigenvalue weighted by Gasteiger charge is -2.09. The van der Waals surface area contributed by atoms with Crippen LogP contribution in [0, 0.1) is 0 Å². The fourth-order valence-corrected chi connectivity index (χ4v) is 1.90. The Morgan fingerprint density at radius 3 is 2.33 bits per heavy atom. The predicted molar refractivity (Wildman–Crippen MR) is 82.5 cm³/mol. The van der Waals surface area contributed by atoms with Crippen molar-refractivity contribution in [1.82, 2.24) is 0 Å².